The summed E-state index contributed by atoms with van der Waals surface area (Å²) in [5.74, 6) is 2.41. The molecule has 2 aliphatic carbocycles. The van der Waals surface area contributed by atoms with Gasteiger partial charge in [0, 0.05) is 5.56 Å². The lowest BCUT2D eigenvalue weighted by Crippen LogP contribution is -1.85. The first kappa shape index (κ1) is 9.70. The molecule has 1 heterocycles. The zero-order chi connectivity index (χ0) is 10.7. The van der Waals surface area contributed by atoms with Crippen molar-refractivity contribution in [2.75, 3.05) is 0 Å². The van der Waals surface area contributed by atoms with E-state index < -0.39 is 0 Å². The van der Waals surface area contributed by atoms with Crippen LogP contribution in [-0.4, -0.2) is 6.29 Å². The van der Waals surface area contributed by atoms with Crippen molar-refractivity contribution in [3.05, 3.63) is 46.2 Å². The lowest BCUT2D eigenvalue weighted by molar-refractivity contribution is 0.112. The smallest absolute Gasteiger partial charge is 0.161 e. The fourth-order valence-electron chi connectivity index (χ4n) is 1.19. The Bertz CT molecular complexity index is 493. The molecule has 0 aliphatic heterocycles. The number of hydrogen-bond acceptors (Lipinski definition) is 2. The molecule has 0 radical (unpaired) electrons. The molecule has 0 fully saturated rings. The lowest BCUT2D eigenvalue weighted by atomic mass is 9.95. The second kappa shape index (κ2) is 4.12. The molecule has 15 heavy (non-hydrogen) atoms. The first-order valence-corrected chi connectivity index (χ1v) is 5.33. The second-order valence-corrected chi connectivity index (χ2v) is 3.99. The number of thiophene rings is 1. The van der Waals surface area contributed by atoms with Crippen molar-refractivity contribution in [3.63, 3.8) is 0 Å². The molecule has 0 unspecified atom stereocenters. The van der Waals surface area contributed by atoms with E-state index in [4.69, 9.17) is 6.42 Å². The minimum absolute atomic E-state index is 0.637. The fraction of sp³-hybridized carbons (Fsp3) is 0. The molecule has 0 N–H and O–H groups in total. The molecule has 0 saturated heterocycles. The molecule has 72 valence electrons. The highest BCUT2D eigenvalue weighted by atomic mass is 32.1. The molecule has 0 bridgehead atoms. The molecule has 0 aromatic carbocycles. The minimum atomic E-state index is 0.637. The SMILES string of the molecule is C#Cc1ccsc1C=O.c1cc2ccc1-2. The van der Waals surface area contributed by atoms with E-state index in [0.29, 0.717) is 10.4 Å². The predicted molar refractivity (Wildman–Crippen MR) is 63.1 cm³/mol. The Kier molecular flexibility index (Phi) is 2.66. The predicted octanol–water partition coefficient (Wildman–Crippen LogP) is 3.21. The van der Waals surface area contributed by atoms with Crippen LogP contribution >= 0.6 is 11.3 Å². The van der Waals surface area contributed by atoms with E-state index >= 15 is 0 Å². The van der Waals surface area contributed by atoms with Gasteiger partial charge in [0.05, 0.1) is 4.88 Å². The van der Waals surface area contributed by atoms with Gasteiger partial charge in [-0.3, -0.25) is 4.79 Å². The van der Waals surface area contributed by atoms with Gasteiger partial charge in [-0.25, -0.2) is 0 Å². The van der Waals surface area contributed by atoms with Crippen molar-refractivity contribution < 1.29 is 4.79 Å². The molecule has 0 atom stereocenters. The number of fused-ring (bicyclic) bond motifs is 1. The van der Waals surface area contributed by atoms with E-state index in [1.165, 1.54) is 22.5 Å². The van der Waals surface area contributed by atoms with Crippen molar-refractivity contribution in [3.8, 4) is 23.5 Å². The fourth-order valence-corrected chi connectivity index (χ4v) is 1.85. The monoisotopic (exact) mass is 212 g/mol. The van der Waals surface area contributed by atoms with Crippen LogP contribution in [0.3, 0.4) is 0 Å². The van der Waals surface area contributed by atoms with Crippen LogP contribution in [0.5, 0.6) is 0 Å². The highest BCUT2D eigenvalue weighted by molar-refractivity contribution is 7.11. The average Bonchev–Trinajstić information content (AvgIpc) is 2.71. The number of carbonyl (C=O) groups excluding carboxylic acids is 1. The lowest BCUT2D eigenvalue weighted by Gasteiger charge is -2.10. The van der Waals surface area contributed by atoms with Gasteiger partial charge >= 0.3 is 0 Å². The first-order chi connectivity index (χ1) is 7.35. The van der Waals surface area contributed by atoms with Crippen LogP contribution in [0, 0.1) is 12.3 Å². The number of carbonyl (C=O) groups is 1. The number of terminal acetylenes is 1. The zero-order valence-corrected chi connectivity index (χ0v) is 8.75. The molecule has 1 aromatic rings. The summed E-state index contributed by atoms with van der Waals surface area (Å²) >= 11 is 1.36. The maximum absolute atomic E-state index is 10.2. The Labute approximate surface area is 92.4 Å². The third kappa shape index (κ3) is 1.83. The quantitative estimate of drug-likeness (QED) is 0.447. The molecular formula is C13H8OS. The van der Waals surface area contributed by atoms with Gasteiger partial charge in [0.1, 0.15) is 0 Å². The van der Waals surface area contributed by atoms with Crippen LogP contribution in [0.4, 0.5) is 0 Å². The summed E-state index contributed by atoms with van der Waals surface area (Å²) in [6.45, 7) is 0. The molecule has 3 rings (SSSR count). The summed E-state index contributed by atoms with van der Waals surface area (Å²) in [7, 11) is 0. The number of rotatable bonds is 1. The zero-order valence-electron chi connectivity index (χ0n) is 7.94. The third-order valence-corrected chi connectivity index (χ3v) is 3.02. The van der Waals surface area contributed by atoms with E-state index in [9.17, 15) is 4.79 Å². The molecule has 0 saturated carbocycles. The number of aldehydes is 1. The topological polar surface area (TPSA) is 17.1 Å². The molecule has 1 nitrogen and oxygen atoms in total. The maximum Gasteiger partial charge on any atom is 0.161 e. The minimum Gasteiger partial charge on any atom is -0.297 e. The Morgan fingerprint density at radius 2 is 1.73 bits per heavy atom. The summed E-state index contributed by atoms with van der Waals surface area (Å²) in [4.78, 5) is 10.8. The standard InChI is InChI=1S/C7H4OS.C6H4/c1-2-6-3-4-9-7(6)5-8;1-2-6-4-3-5(1)6/h1,3-5H;1-4H. The van der Waals surface area contributed by atoms with Gasteiger partial charge in [0.25, 0.3) is 0 Å². The van der Waals surface area contributed by atoms with E-state index in [1.54, 1.807) is 11.4 Å². The van der Waals surface area contributed by atoms with Crippen molar-refractivity contribution >= 4 is 17.6 Å². The van der Waals surface area contributed by atoms with Crippen LogP contribution in [0.1, 0.15) is 15.2 Å². The van der Waals surface area contributed by atoms with Gasteiger partial charge in [-0.2, -0.15) is 0 Å². The van der Waals surface area contributed by atoms with Crippen LogP contribution in [0.2, 0.25) is 0 Å². The Morgan fingerprint density at radius 3 is 2.00 bits per heavy atom. The van der Waals surface area contributed by atoms with E-state index in [-0.39, 0.29) is 0 Å². The summed E-state index contributed by atoms with van der Waals surface area (Å²) in [5.41, 5.74) is 3.54. The summed E-state index contributed by atoms with van der Waals surface area (Å²) in [5, 5.41) is 1.80. The van der Waals surface area contributed by atoms with E-state index in [1.807, 2.05) is 0 Å². The van der Waals surface area contributed by atoms with E-state index in [2.05, 4.69) is 30.2 Å². The molecule has 0 spiro atoms. The van der Waals surface area contributed by atoms with Crippen LogP contribution in [0.15, 0.2) is 35.7 Å². The van der Waals surface area contributed by atoms with Crippen LogP contribution in [-0.2, 0) is 0 Å². The highest BCUT2D eigenvalue weighted by Gasteiger charge is 2.03. The second-order valence-electron chi connectivity index (χ2n) is 3.04. The molecular weight excluding hydrogens is 204 g/mol. The van der Waals surface area contributed by atoms with Crippen LogP contribution in [0.25, 0.3) is 11.1 Å². The van der Waals surface area contributed by atoms with Crippen molar-refractivity contribution in [2.24, 2.45) is 0 Å². The Balaban J connectivity index is 0.000000121. The van der Waals surface area contributed by atoms with Gasteiger partial charge in [-0.1, -0.05) is 30.2 Å². The molecule has 0 amide bonds. The molecule has 2 heteroatoms. The van der Waals surface area contributed by atoms with Gasteiger partial charge in [0.15, 0.2) is 6.29 Å². The van der Waals surface area contributed by atoms with Gasteiger partial charge < -0.3 is 0 Å². The van der Waals surface area contributed by atoms with Crippen molar-refractivity contribution in [1.29, 1.82) is 0 Å². The largest absolute Gasteiger partial charge is 0.297 e. The number of benzene rings is 1. The third-order valence-electron chi connectivity index (χ3n) is 2.18. The highest BCUT2D eigenvalue weighted by Crippen LogP contribution is 2.29. The average molecular weight is 212 g/mol. The van der Waals surface area contributed by atoms with Gasteiger partial charge in [-0.15, -0.1) is 17.8 Å². The first-order valence-electron chi connectivity index (χ1n) is 4.45. The molecule has 2 aliphatic rings. The number of hydrogen-bond donors (Lipinski definition) is 0. The van der Waals surface area contributed by atoms with E-state index in [0.717, 1.165) is 6.29 Å². The summed E-state index contributed by atoms with van der Waals surface area (Å²) < 4.78 is 0. The normalized spacial score (nSPS) is 9.53. The Hall–Kier alpha value is -1.85. The summed E-state index contributed by atoms with van der Waals surface area (Å²) in [6.07, 6.45) is 5.85. The van der Waals surface area contributed by atoms with Gasteiger partial charge in [0.2, 0.25) is 0 Å². The van der Waals surface area contributed by atoms with Crippen molar-refractivity contribution in [2.45, 2.75) is 0 Å². The molecule has 1 aromatic heterocycles. The maximum atomic E-state index is 10.2. The van der Waals surface area contributed by atoms with Crippen molar-refractivity contribution in [1.82, 2.24) is 0 Å². The van der Waals surface area contributed by atoms with Crippen LogP contribution < -0.4 is 0 Å². The van der Waals surface area contributed by atoms with Gasteiger partial charge in [-0.05, 0) is 22.6 Å². The Morgan fingerprint density at radius 1 is 1.13 bits per heavy atom. The summed E-state index contributed by atoms with van der Waals surface area (Å²) in [6, 6.07) is 10.2.